The molecule has 0 unspecified atom stereocenters. The summed E-state index contributed by atoms with van der Waals surface area (Å²) >= 11 is 0. The van der Waals surface area contributed by atoms with Crippen molar-refractivity contribution in [1.29, 1.82) is 0 Å². The third-order valence-corrected chi connectivity index (χ3v) is 4.29. The highest BCUT2D eigenvalue weighted by Crippen LogP contribution is 2.24. The van der Waals surface area contributed by atoms with Crippen LogP contribution >= 0.6 is 0 Å². The van der Waals surface area contributed by atoms with Gasteiger partial charge in [-0.05, 0) is 30.5 Å². The van der Waals surface area contributed by atoms with E-state index in [-0.39, 0.29) is 5.91 Å². The van der Waals surface area contributed by atoms with Crippen LogP contribution in [0.2, 0.25) is 0 Å². The molecule has 0 aliphatic carbocycles. The fourth-order valence-electron chi connectivity index (χ4n) is 3.00. The van der Waals surface area contributed by atoms with Crippen LogP contribution < -0.4 is 5.32 Å². The second-order valence-corrected chi connectivity index (χ2v) is 5.86. The van der Waals surface area contributed by atoms with Gasteiger partial charge in [-0.1, -0.05) is 54.6 Å². The number of nitrogens with zero attached hydrogens (tertiary/aromatic N) is 2. The molecule has 0 fully saturated rings. The van der Waals surface area contributed by atoms with Crippen LogP contribution in [0, 0.1) is 6.92 Å². The number of nitrogens with one attached hydrogen (secondary N) is 1. The Morgan fingerprint density at radius 3 is 2.48 bits per heavy atom. The van der Waals surface area contributed by atoms with Gasteiger partial charge in [-0.3, -0.25) is 4.79 Å². The molecule has 4 rings (SSSR count). The predicted molar refractivity (Wildman–Crippen MR) is 100 cm³/mol. The largest absolute Gasteiger partial charge is 0.320 e. The average Bonchev–Trinajstić information content (AvgIpc) is 3.04. The molecule has 0 spiro atoms. The molecule has 0 bridgehead atoms. The van der Waals surface area contributed by atoms with Gasteiger partial charge in [-0.2, -0.15) is 0 Å². The lowest BCUT2D eigenvalue weighted by atomic mass is 10.1. The molecule has 0 saturated heterocycles. The molecule has 0 radical (unpaired) electrons. The number of rotatable bonds is 3. The maximum Gasteiger partial charge on any atom is 0.276 e. The minimum absolute atomic E-state index is 0.205. The molecule has 1 aromatic heterocycles. The first-order chi connectivity index (χ1) is 12.2. The first-order valence-electron chi connectivity index (χ1n) is 8.12. The smallest absolute Gasteiger partial charge is 0.276 e. The van der Waals surface area contributed by atoms with Crippen LogP contribution in [0.1, 0.15) is 16.2 Å². The summed E-state index contributed by atoms with van der Waals surface area (Å²) in [6.07, 6.45) is 1.68. The predicted octanol–water partition coefficient (Wildman–Crippen LogP) is 4.59. The summed E-state index contributed by atoms with van der Waals surface area (Å²) in [5.74, 6) is -0.205. The van der Waals surface area contributed by atoms with Crippen molar-refractivity contribution in [2.75, 3.05) is 5.32 Å². The number of aromatic nitrogens is 2. The van der Waals surface area contributed by atoms with E-state index >= 15 is 0 Å². The van der Waals surface area contributed by atoms with Gasteiger partial charge < -0.3 is 9.88 Å². The molecule has 1 amide bonds. The number of amides is 1. The minimum atomic E-state index is -0.205. The zero-order valence-electron chi connectivity index (χ0n) is 13.8. The quantitative estimate of drug-likeness (QED) is 0.598. The summed E-state index contributed by atoms with van der Waals surface area (Å²) in [7, 11) is 0. The number of anilines is 1. The van der Waals surface area contributed by atoms with Crippen LogP contribution in [0.25, 0.3) is 16.5 Å². The van der Waals surface area contributed by atoms with Crippen molar-refractivity contribution in [1.82, 2.24) is 9.55 Å². The van der Waals surface area contributed by atoms with E-state index in [1.165, 1.54) is 0 Å². The van der Waals surface area contributed by atoms with Crippen molar-refractivity contribution < 1.29 is 4.79 Å². The van der Waals surface area contributed by atoms with Crippen molar-refractivity contribution >= 4 is 22.4 Å². The van der Waals surface area contributed by atoms with Crippen molar-refractivity contribution in [2.24, 2.45) is 0 Å². The third-order valence-electron chi connectivity index (χ3n) is 4.29. The standard InChI is InChI=1S/C21H17N3O/c1-15-20(22-14-24(15)17-10-3-2-4-11-17)21(25)23-19-13-7-9-16-8-5-6-12-18(16)19/h2-14H,1H3,(H,23,25). The van der Waals surface area contributed by atoms with Crippen LogP contribution in [-0.2, 0) is 0 Å². The Hall–Kier alpha value is -3.40. The van der Waals surface area contributed by atoms with Crippen molar-refractivity contribution in [2.45, 2.75) is 6.92 Å². The molecule has 4 heteroatoms. The Kier molecular flexibility index (Phi) is 3.78. The van der Waals surface area contributed by atoms with Crippen LogP contribution in [0.4, 0.5) is 5.69 Å². The lowest BCUT2D eigenvalue weighted by Crippen LogP contribution is -2.14. The number of para-hydroxylation sites is 1. The normalized spacial score (nSPS) is 10.8. The van der Waals surface area contributed by atoms with Gasteiger partial charge in [0.1, 0.15) is 12.0 Å². The lowest BCUT2D eigenvalue weighted by molar-refractivity contribution is 0.102. The van der Waals surface area contributed by atoms with E-state index in [0.717, 1.165) is 27.8 Å². The zero-order valence-corrected chi connectivity index (χ0v) is 13.8. The number of imidazole rings is 1. The number of carbonyl (C=O) groups is 1. The maximum absolute atomic E-state index is 12.7. The first kappa shape index (κ1) is 15.1. The summed E-state index contributed by atoms with van der Waals surface area (Å²) in [5.41, 5.74) is 3.01. The van der Waals surface area contributed by atoms with E-state index < -0.39 is 0 Å². The summed E-state index contributed by atoms with van der Waals surface area (Å²) in [6, 6.07) is 23.7. The SMILES string of the molecule is Cc1c(C(=O)Nc2cccc3ccccc23)ncn1-c1ccccc1. The molecule has 3 aromatic carbocycles. The average molecular weight is 327 g/mol. The number of fused-ring (bicyclic) bond motifs is 1. The Morgan fingerprint density at radius 1 is 0.920 bits per heavy atom. The number of benzene rings is 3. The van der Waals surface area contributed by atoms with E-state index in [0.29, 0.717) is 5.69 Å². The van der Waals surface area contributed by atoms with Gasteiger partial charge in [0, 0.05) is 16.8 Å². The Labute approximate surface area is 145 Å². The van der Waals surface area contributed by atoms with Gasteiger partial charge in [0.2, 0.25) is 0 Å². The van der Waals surface area contributed by atoms with E-state index in [4.69, 9.17) is 0 Å². The number of carbonyl (C=O) groups excluding carboxylic acids is 1. The maximum atomic E-state index is 12.7. The van der Waals surface area contributed by atoms with E-state index in [9.17, 15) is 4.79 Å². The third kappa shape index (κ3) is 2.78. The molecule has 122 valence electrons. The topological polar surface area (TPSA) is 46.9 Å². The molecule has 1 heterocycles. The highest BCUT2D eigenvalue weighted by Gasteiger charge is 2.16. The molecule has 0 aliphatic heterocycles. The minimum Gasteiger partial charge on any atom is -0.320 e. The van der Waals surface area contributed by atoms with E-state index in [1.54, 1.807) is 6.33 Å². The second kappa shape index (κ2) is 6.24. The van der Waals surface area contributed by atoms with Gasteiger partial charge in [-0.25, -0.2) is 4.98 Å². The Balaban J connectivity index is 1.67. The molecular formula is C21H17N3O. The number of hydrogen-bond donors (Lipinski definition) is 1. The Bertz CT molecular complexity index is 1050. The highest BCUT2D eigenvalue weighted by atomic mass is 16.1. The fourth-order valence-corrected chi connectivity index (χ4v) is 3.00. The van der Waals surface area contributed by atoms with Crippen molar-refractivity contribution in [3.8, 4) is 5.69 Å². The fraction of sp³-hybridized carbons (Fsp3) is 0.0476. The summed E-state index contributed by atoms with van der Waals surface area (Å²) < 4.78 is 1.91. The Morgan fingerprint density at radius 2 is 1.64 bits per heavy atom. The van der Waals surface area contributed by atoms with Crippen molar-refractivity contribution in [3.05, 3.63) is 90.5 Å². The molecule has 0 saturated carbocycles. The molecule has 4 nitrogen and oxygen atoms in total. The number of hydrogen-bond acceptors (Lipinski definition) is 2. The molecule has 25 heavy (non-hydrogen) atoms. The van der Waals surface area contributed by atoms with Gasteiger partial charge in [0.05, 0.1) is 5.69 Å². The molecule has 0 atom stereocenters. The lowest BCUT2D eigenvalue weighted by Gasteiger charge is -2.09. The van der Waals surface area contributed by atoms with Crippen LogP contribution in [0.3, 0.4) is 0 Å². The van der Waals surface area contributed by atoms with E-state index in [1.807, 2.05) is 84.3 Å². The molecule has 4 aromatic rings. The zero-order chi connectivity index (χ0) is 17.2. The van der Waals surface area contributed by atoms with Crippen LogP contribution in [0.5, 0.6) is 0 Å². The summed E-state index contributed by atoms with van der Waals surface area (Å²) in [6.45, 7) is 1.90. The van der Waals surface area contributed by atoms with Gasteiger partial charge in [-0.15, -0.1) is 0 Å². The summed E-state index contributed by atoms with van der Waals surface area (Å²) in [4.78, 5) is 17.1. The van der Waals surface area contributed by atoms with Crippen molar-refractivity contribution in [3.63, 3.8) is 0 Å². The highest BCUT2D eigenvalue weighted by molar-refractivity contribution is 6.08. The van der Waals surface area contributed by atoms with E-state index in [2.05, 4.69) is 10.3 Å². The second-order valence-electron chi connectivity index (χ2n) is 5.86. The first-order valence-corrected chi connectivity index (χ1v) is 8.12. The molecule has 0 aliphatic rings. The molecule has 1 N–H and O–H groups in total. The molecular weight excluding hydrogens is 310 g/mol. The van der Waals surface area contributed by atoms with Crippen LogP contribution in [-0.4, -0.2) is 15.5 Å². The van der Waals surface area contributed by atoms with Gasteiger partial charge >= 0.3 is 0 Å². The van der Waals surface area contributed by atoms with Gasteiger partial charge in [0.15, 0.2) is 0 Å². The summed E-state index contributed by atoms with van der Waals surface area (Å²) in [5, 5.41) is 5.09. The van der Waals surface area contributed by atoms with Crippen LogP contribution in [0.15, 0.2) is 79.1 Å². The monoisotopic (exact) mass is 327 g/mol. The van der Waals surface area contributed by atoms with Gasteiger partial charge in [0.25, 0.3) is 5.91 Å².